The highest BCUT2D eigenvalue weighted by Gasteiger charge is 2.13. The largest absolute Gasteiger partial charge is 0.497 e. The lowest BCUT2D eigenvalue weighted by Crippen LogP contribution is -2.25. The lowest BCUT2D eigenvalue weighted by atomic mass is 10.2. The second kappa shape index (κ2) is 12.0. The Morgan fingerprint density at radius 1 is 0.889 bits per heavy atom. The molecule has 0 atom stereocenters. The van der Waals surface area contributed by atoms with Gasteiger partial charge in [-0.25, -0.2) is 4.98 Å². The Balaban J connectivity index is 1.36. The number of amides is 1. The van der Waals surface area contributed by atoms with Crippen LogP contribution in [0.25, 0.3) is 11.0 Å². The van der Waals surface area contributed by atoms with Crippen molar-refractivity contribution in [2.75, 3.05) is 34.5 Å². The number of carbonyl (C=O) groups excluding carboxylic acids is 1. The number of fused-ring (bicyclic) bond motifs is 1. The van der Waals surface area contributed by atoms with Gasteiger partial charge in [0, 0.05) is 24.6 Å². The summed E-state index contributed by atoms with van der Waals surface area (Å²) in [6.07, 6.45) is 1.47. The minimum Gasteiger partial charge on any atom is -0.497 e. The van der Waals surface area contributed by atoms with Crippen LogP contribution in [0.1, 0.15) is 22.6 Å². The highest BCUT2D eigenvalue weighted by molar-refractivity contribution is 5.94. The van der Waals surface area contributed by atoms with Gasteiger partial charge in [0.15, 0.2) is 11.5 Å². The molecule has 8 heteroatoms. The standard InChI is InChI=1S/C28H31N3O5/c1-33-21-8-6-9-22(19-21)36-17-16-31-24-11-5-4-10-23(24)30-27(31)12-7-15-29-28(32)20-13-14-25(34-2)26(18-20)35-3/h4-6,8-11,13-14,18-19H,7,12,15-17H2,1-3H3,(H,29,32). The van der Waals surface area contributed by atoms with E-state index in [9.17, 15) is 4.79 Å². The van der Waals surface area contributed by atoms with Crippen LogP contribution in [0.3, 0.4) is 0 Å². The van der Waals surface area contributed by atoms with E-state index in [1.807, 2.05) is 42.5 Å². The predicted molar refractivity (Wildman–Crippen MR) is 138 cm³/mol. The number of aryl methyl sites for hydroxylation is 1. The Morgan fingerprint density at radius 3 is 2.50 bits per heavy atom. The molecule has 0 aliphatic carbocycles. The van der Waals surface area contributed by atoms with Gasteiger partial charge in [0.05, 0.1) is 38.9 Å². The fraction of sp³-hybridized carbons (Fsp3) is 0.286. The topological polar surface area (TPSA) is 83.8 Å². The third-order valence-electron chi connectivity index (χ3n) is 5.87. The first-order chi connectivity index (χ1) is 17.6. The number of nitrogens with one attached hydrogen (secondary N) is 1. The SMILES string of the molecule is COc1cccc(OCCn2c(CCCNC(=O)c3ccc(OC)c(OC)c3)nc3ccccc32)c1. The molecule has 1 aromatic heterocycles. The van der Waals surface area contributed by atoms with Crippen LogP contribution in [-0.4, -0.2) is 49.9 Å². The van der Waals surface area contributed by atoms with E-state index in [1.165, 1.54) is 0 Å². The fourth-order valence-corrected chi connectivity index (χ4v) is 4.04. The van der Waals surface area contributed by atoms with Crippen molar-refractivity contribution in [2.45, 2.75) is 19.4 Å². The van der Waals surface area contributed by atoms with Gasteiger partial charge in [-0.05, 0) is 48.9 Å². The molecule has 0 fully saturated rings. The van der Waals surface area contributed by atoms with Crippen molar-refractivity contribution in [2.24, 2.45) is 0 Å². The van der Waals surface area contributed by atoms with Gasteiger partial charge in [-0.3, -0.25) is 4.79 Å². The number of hydrogen-bond acceptors (Lipinski definition) is 6. The van der Waals surface area contributed by atoms with Crippen molar-refractivity contribution in [1.82, 2.24) is 14.9 Å². The third kappa shape index (κ3) is 5.89. The van der Waals surface area contributed by atoms with Crippen LogP contribution in [0.15, 0.2) is 66.7 Å². The number of nitrogens with zero attached hydrogens (tertiary/aromatic N) is 2. The molecule has 188 valence electrons. The second-order valence-electron chi connectivity index (χ2n) is 8.13. The van der Waals surface area contributed by atoms with Crippen LogP contribution in [0.5, 0.6) is 23.0 Å². The molecule has 8 nitrogen and oxygen atoms in total. The van der Waals surface area contributed by atoms with Crippen LogP contribution in [0.2, 0.25) is 0 Å². The zero-order valence-corrected chi connectivity index (χ0v) is 20.8. The molecule has 3 aromatic carbocycles. The van der Waals surface area contributed by atoms with Gasteiger partial charge in [0.2, 0.25) is 0 Å². The first-order valence-corrected chi connectivity index (χ1v) is 11.8. The van der Waals surface area contributed by atoms with Gasteiger partial charge < -0.3 is 28.8 Å². The summed E-state index contributed by atoms with van der Waals surface area (Å²) in [6.45, 7) is 1.68. The van der Waals surface area contributed by atoms with Gasteiger partial charge in [0.25, 0.3) is 5.91 Å². The number of para-hydroxylation sites is 2. The summed E-state index contributed by atoms with van der Waals surface area (Å²) in [5.74, 6) is 3.44. The van der Waals surface area contributed by atoms with E-state index in [-0.39, 0.29) is 5.91 Å². The minimum absolute atomic E-state index is 0.156. The van der Waals surface area contributed by atoms with Crippen LogP contribution >= 0.6 is 0 Å². The summed E-state index contributed by atoms with van der Waals surface area (Å²) < 4.78 is 23.9. The molecular formula is C28H31N3O5. The molecule has 0 spiro atoms. The van der Waals surface area contributed by atoms with Crippen LogP contribution in [-0.2, 0) is 13.0 Å². The average molecular weight is 490 g/mol. The summed E-state index contributed by atoms with van der Waals surface area (Å²) in [5.41, 5.74) is 2.54. The zero-order valence-electron chi connectivity index (χ0n) is 20.8. The molecule has 4 aromatic rings. The molecule has 0 saturated carbocycles. The first kappa shape index (κ1) is 24.9. The highest BCUT2D eigenvalue weighted by Crippen LogP contribution is 2.27. The maximum Gasteiger partial charge on any atom is 0.251 e. The summed E-state index contributed by atoms with van der Waals surface area (Å²) in [7, 11) is 4.75. The molecule has 4 rings (SSSR count). The summed E-state index contributed by atoms with van der Waals surface area (Å²) in [4.78, 5) is 17.4. The summed E-state index contributed by atoms with van der Waals surface area (Å²) in [5, 5.41) is 2.98. The normalized spacial score (nSPS) is 10.8. The lowest BCUT2D eigenvalue weighted by molar-refractivity contribution is 0.0952. The smallest absolute Gasteiger partial charge is 0.251 e. The number of benzene rings is 3. The Bertz CT molecular complexity index is 1320. The first-order valence-electron chi connectivity index (χ1n) is 11.8. The van der Waals surface area contributed by atoms with Crippen molar-refractivity contribution < 1.29 is 23.7 Å². The number of hydrogen-bond donors (Lipinski definition) is 1. The van der Waals surface area contributed by atoms with E-state index in [0.717, 1.165) is 41.2 Å². The highest BCUT2D eigenvalue weighted by atomic mass is 16.5. The number of carbonyl (C=O) groups is 1. The monoisotopic (exact) mass is 489 g/mol. The van der Waals surface area contributed by atoms with E-state index < -0.39 is 0 Å². The Kier molecular flexibility index (Phi) is 8.28. The van der Waals surface area contributed by atoms with Crippen molar-refractivity contribution in [3.05, 3.63) is 78.1 Å². The number of imidazole rings is 1. The molecule has 0 saturated heterocycles. The average Bonchev–Trinajstić information content (AvgIpc) is 3.27. The minimum atomic E-state index is -0.156. The van der Waals surface area contributed by atoms with Crippen molar-refractivity contribution >= 4 is 16.9 Å². The summed E-state index contributed by atoms with van der Waals surface area (Å²) in [6, 6.07) is 20.8. The zero-order chi connectivity index (χ0) is 25.3. The van der Waals surface area contributed by atoms with Crippen LogP contribution in [0, 0.1) is 0 Å². The maximum absolute atomic E-state index is 12.6. The number of methoxy groups -OCH3 is 3. The molecule has 0 aliphatic rings. The Labute approximate surface area is 210 Å². The van der Waals surface area contributed by atoms with Gasteiger partial charge in [-0.15, -0.1) is 0 Å². The molecular weight excluding hydrogens is 458 g/mol. The molecule has 1 N–H and O–H groups in total. The number of rotatable bonds is 12. The Hall–Kier alpha value is -4.20. The van der Waals surface area contributed by atoms with Gasteiger partial charge in [-0.1, -0.05) is 18.2 Å². The number of ether oxygens (including phenoxy) is 4. The maximum atomic E-state index is 12.6. The van der Waals surface area contributed by atoms with Crippen molar-refractivity contribution in [3.63, 3.8) is 0 Å². The third-order valence-corrected chi connectivity index (χ3v) is 5.87. The van der Waals surface area contributed by atoms with E-state index in [1.54, 1.807) is 39.5 Å². The number of aromatic nitrogens is 2. The van der Waals surface area contributed by atoms with Gasteiger partial charge in [-0.2, -0.15) is 0 Å². The van der Waals surface area contributed by atoms with E-state index in [2.05, 4.69) is 16.0 Å². The van der Waals surface area contributed by atoms with Crippen molar-refractivity contribution in [3.8, 4) is 23.0 Å². The molecule has 0 aliphatic heterocycles. The van der Waals surface area contributed by atoms with Gasteiger partial charge in [0.1, 0.15) is 23.9 Å². The van der Waals surface area contributed by atoms with E-state index in [0.29, 0.717) is 36.8 Å². The van der Waals surface area contributed by atoms with Gasteiger partial charge >= 0.3 is 0 Å². The predicted octanol–water partition coefficient (Wildman–Crippen LogP) is 4.50. The molecule has 0 radical (unpaired) electrons. The molecule has 1 amide bonds. The van der Waals surface area contributed by atoms with E-state index >= 15 is 0 Å². The Morgan fingerprint density at radius 2 is 1.69 bits per heavy atom. The second-order valence-corrected chi connectivity index (χ2v) is 8.13. The summed E-state index contributed by atoms with van der Waals surface area (Å²) >= 11 is 0. The van der Waals surface area contributed by atoms with Crippen molar-refractivity contribution in [1.29, 1.82) is 0 Å². The molecule has 1 heterocycles. The molecule has 0 bridgehead atoms. The quantitative estimate of drug-likeness (QED) is 0.295. The molecule has 0 unspecified atom stereocenters. The molecule has 36 heavy (non-hydrogen) atoms. The fourth-order valence-electron chi connectivity index (χ4n) is 4.04. The van der Waals surface area contributed by atoms with E-state index in [4.69, 9.17) is 23.9 Å². The van der Waals surface area contributed by atoms with Crippen LogP contribution in [0.4, 0.5) is 0 Å². The lowest BCUT2D eigenvalue weighted by Gasteiger charge is -2.12. The van der Waals surface area contributed by atoms with Crippen LogP contribution < -0.4 is 24.3 Å².